The zero-order valence-electron chi connectivity index (χ0n) is 12.8. The Bertz CT molecular complexity index is 662. The number of thiocarbonyl (C=S) groups is 1. The molecule has 1 aromatic rings. The van der Waals surface area contributed by atoms with Crippen molar-refractivity contribution in [3.05, 3.63) is 29.6 Å². The minimum Gasteiger partial charge on any atom is -0.345 e. The van der Waals surface area contributed by atoms with E-state index in [9.17, 15) is 12.8 Å². The zero-order valence-corrected chi connectivity index (χ0v) is 14.4. The van der Waals surface area contributed by atoms with Crippen LogP contribution < -0.4 is 5.32 Å². The van der Waals surface area contributed by atoms with Gasteiger partial charge < -0.3 is 10.2 Å². The minimum atomic E-state index is -2.97. The molecule has 22 heavy (non-hydrogen) atoms. The van der Waals surface area contributed by atoms with Crippen LogP contribution in [-0.4, -0.2) is 42.5 Å². The van der Waals surface area contributed by atoms with Gasteiger partial charge >= 0.3 is 0 Å². The molecule has 0 spiro atoms. The second kappa shape index (κ2) is 6.91. The highest BCUT2D eigenvalue weighted by atomic mass is 32.2. The molecular weight excluding hydrogens is 323 g/mol. The lowest BCUT2D eigenvalue weighted by molar-refractivity contribution is 0.339. The van der Waals surface area contributed by atoms with Gasteiger partial charge in [0.05, 0.1) is 11.5 Å². The van der Waals surface area contributed by atoms with Crippen LogP contribution in [0.4, 0.5) is 10.1 Å². The lowest BCUT2D eigenvalue weighted by Gasteiger charge is -2.30. The minimum absolute atomic E-state index is 0.0970. The highest BCUT2D eigenvalue weighted by Gasteiger charge is 2.33. The van der Waals surface area contributed by atoms with E-state index in [2.05, 4.69) is 5.32 Å². The number of hydrogen-bond donors (Lipinski definition) is 1. The van der Waals surface area contributed by atoms with Gasteiger partial charge in [0.15, 0.2) is 14.9 Å². The predicted octanol–water partition coefficient (Wildman–Crippen LogP) is 2.73. The van der Waals surface area contributed by atoms with Crippen LogP contribution in [0.3, 0.4) is 0 Å². The number of anilines is 1. The molecule has 0 amide bonds. The summed E-state index contributed by atoms with van der Waals surface area (Å²) in [6.45, 7) is 4.40. The van der Waals surface area contributed by atoms with Crippen molar-refractivity contribution in [2.75, 3.05) is 23.4 Å². The maximum absolute atomic E-state index is 13.6. The molecule has 0 aromatic heterocycles. The number of nitrogens with zero attached hydrogens (tertiary/aromatic N) is 1. The molecule has 4 nitrogen and oxygen atoms in total. The number of nitrogens with one attached hydrogen (secondary N) is 1. The number of halogens is 1. The maximum atomic E-state index is 13.6. The summed E-state index contributed by atoms with van der Waals surface area (Å²) in [6, 6.07) is 4.75. The first-order chi connectivity index (χ1) is 10.3. The first kappa shape index (κ1) is 17.1. The van der Waals surface area contributed by atoms with Gasteiger partial charge in [-0.3, -0.25) is 0 Å². The van der Waals surface area contributed by atoms with E-state index >= 15 is 0 Å². The zero-order chi connectivity index (χ0) is 16.3. The van der Waals surface area contributed by atoms with Gasteiger partial charge in [0, 0.05) is 18.3 Å². The first-order valence-corrected chi connectivity index (χ1v) is 9.59. The van der Waals surface area contributed by atoms with Crippen molar-refractivity contribution < 1.29 is 12.8 Å². The van der Waals surface area contributed by atoms with Crippen LogP contribution >= 0.6 is 12.2 Å². The van der Waals surface area contributed by atoms with Crippen molar-refractivity contribution in [2.24, 2.45) is 0 Å². The van der Waals surface area contributed by atoms with Gasteiger partial charge in [0.2, 0.25) is 0 Å². The summed E-state index contributed by atoms with van der Waals surface area (Å²) in [5.41, 5.74) is 1.15. The van der Waals surface area contributed by atoms with Crippen molar-refractivity contribution in [2.45, 2.75) is 32.7 Å². The Labute approximate surface area is 136 Å². The average molecular weight is 344 g/mol. The predicted molar refractivity (Wildman–Crippen MR) is 91.4 cm³/mol. The SMILES string of the molecule is CCCN(C(=S)Nc1ccc(C)c(F)c1)[C@H]1CCS(=O)(=O)C1. The van der Waals surface area contributed by atoms with Crippen LogP contribution in [0.2, 0.25) is 0 Å². The molecule has 1 atom stereocenters. The second-order valence-electron chi connectivity index (χ2n) is 5.64. The highest BCUT2D eigenvalue weighted by molar-refractivity contribution is 7.91. The van der Waals surface area contributed by atoms with Crippen LogP contribution in [-0.2, 0) is 9.84 Å². The fraction of sp³-hybridized carbons (Fsp3) is 0.533. The molecule has 0 radical (unpaired) electrons. The summed E-state index contributed by atoms with van der Waals surface area (Å²) in [5, 5.41) is 3.47. The molecule has 0 unspecified atom stereocenters. The third-order valence-corrected chi connectivity index (χ3v) is 5.88. The van der Waals surface area contributed by atoms with Gasteiger partial charge in [0.1, 0.15) is 5.82 Å². The molecule has 0 bridgehead atoms. The van der Waals surface area contributed by atoms with Crippen LogP contribution in [0.1, 0.15) is 25.3 Å². The Morgan fingerprint density at radius 2 is 2.23 bits per heavy atom. The Morgan fingerprint density at radius 1 is 1.50 bits per heavy atom. The van der Waals surface area contributed by atoms with Crippen LogP contribution in [0.15, 0.2) is 18.2 Å². The van der Waals surface area contributed by atoms with Gasteiger partial charge in [-0.2, -0.15) is 0 Å². The van der Waals surface area contributed by atoms with Crippen molar-refractivity contribution >= 4 is 32.9 Å². The Balaban J connectivity index is 2.11. The van der Waals surface area contributed by atoms with E-state index in [0.29, 0.717) is 29.3 Å². The summed E-state index contributed by atoms with van der Waals surface area (Å²) in [7, 11) is -2.97. The monoisotopic (exact) mass is 344 g/mol. The quantitative estimate of drug-likeness (QED) is 0.851. The van der Waals surface area contributed by atoms with Gasteiger partial charge in [-0.15, -0.1) is 0 Å². The Hall–Kier alpha value is -1.21. The molecular formula is C15H21FN2O2S2. The summed E-state index contributed by atoms with van der Waals surface area (Å²) >= 11 is 5.41. The molecule has 1 saturated heterocycles. The van der Waals surface area contributed by atoms with E-state index < -0.39 is 9.84 Å². The standard InChI is InChI=1S/C15H21FN2O2S2/c1-3-7-18(13-6-8-22(19,20)10-13)15(21)17-12-5-4-11(2)14(16)9-12/h4-5,9,13H,3,6-8,10H2,1-2H3,(H,17,21)/t13-/m0/s1. The molecule has 1 aliphatic heterocycles. The molecule has 122 valence electrons. The molecule has 7 heteroatoms. The molecule has 1 aliphatic rings. The van der Waals surface area contributed by atoms with E-state index in [1.54, 1.807) is 19.1 Å². The van der Waals surface area contributed by atoms with E-state index in [1.807, 2.05) is 11.8 Å². The molecule has 0 aliphatic carbocycles. The number of benzene rings is 1. The number of aryl methyl sites for hydroxylation is 1. The van der Waals surface area contributed by atoms with Crippen molar-refractivity contribution in [1.82, 2.24) is 4.90 Å². The van der Waals surface area contributed by atoms with E-state index in [0.717, 1.165) is 6.42 Å². The number of hydrogen-bond acceptors (Lipinski definition) is 3. The van der Waals surface area contributed by atoms with E-state index in [-0.39, 0.29) is 23.4 Å². The molecule has 1 N–H and O–H groups in total. The average Bonchev–Trinajstić information content (AvgIpc) is 2.80. The van der Waals surface area contributed by atoms with Crippen molar-refractivity contribution in [3.8, 4) is 0 Å². The smallest absolute Gasteiger partial charge is 0.173 e. The molecule has 1 aromatic carbocycles. The number of sulfone groups is 1. The van der Waals surface area contributed by atoms with Crippen LogP contribution in [0, 0.1) is 12.7 Å². The normalized spacial score (nSPS) is 19.9. The third-order valence-electron chi connectivity index (χ3n) is 3.80. The molecule has 2 rings (SSSR count). The second-order valence-corrected chi connectivity index (χ2v) is 8.26. The van der Waals surface area contributed by atoms with Gasteiger partial charge in [-0.25, -0.2) is 12.8 Å². The fourth-order valence-electron chi connectivity index (χ4n) is 2.58. The molecule has 1 fully saturated rings. The van der Waals surface area contributed by atoms with E-state index in [4.69, 9.17) is 12.2 Å². The summed E-state index contributed by atoms with van der Waals surface area (Å²) in [6.07, 6.45) is 1.45. The van der Waals surface area contributed by atoms with Crippen LogP contribution in [0.25, 0.3) is 0 Å². The Morgan fingerprint density at radius 3 is 2.77 bits per heavy atom. The summed E-state index contributed by atoms with van der Waals surface area (Å²) < 4.78 is 37.0. The molecule has 1 heterocycles. The summed E-state index contributed by atoms with van der Waals surface area (Å²) in [4.78, 5) is 1.91. The first-order valence-electron chi connectivity index (χ1n) is 7.36. The topological polar surface area (TPSA) is 49.4 Å². The maximum Gasteiger partial charge on any atom is 0.173 e. The largest absolute Gasteiger partial charge is 0.345 e. The van der Waals surface area contributed by atoms with Crippen molar-refractivity contribution in [3.63, 3.8) is 0 Å². The van der Waals surface area contributed by atoms with Crippen LogP contribution in [0.5, 0.6) is 0 Å². The molecule has 0 saturated carbocycles. The highest BCUT2D eigenvalue weighted by Crippen LogP contribution is 2.20. The van der Waals surface area contributed by atoms with E-state index in [1.165, 1.54) is 6.07 Å². The van der Waals surface area contributed by atoms with Gasteiger partial charge in [-0.05, 0) is 49.7 Å². The lowest BCUT2D eigenvalue weighted by atomic mass is 10.2. The van der Waals surface area contributed by atoms with Gasteiger partial charge in [0.25, 0.3) is 0 Å². The third kappa shape index (κ3) is 4.16. The summed E-state index contributed by atoms with van der Waals surface area (Å²) in [5.74, 6) is 0.0507. The lowest BCUT2D eigenvalue weighted by Crippen LogP contribution is -2.43. The Kier molecular flexibility index (Phi) is 5.39. The fourth-order valence-corrected chi connectivity index (χ4v) is 4.67. The van der Waals surface area contributed by atoms with Crippen molar-refractivity contribution in [1.29, 1.82) is 0 Å². The van der Waals surface area contributed by atoms with Gasteiger partial charge in [-0.1, -0.05) is 13.0 Å². The number of rotatable bonds is 4.